The molecule has 0 radical (unpaired) electrons. The molecule has 1 aliphatic rings. The molecule has 3 rings (SSSR count). The van der Waals surface area contributed by atoms with Crippen LogP contribution in [0.25, 0.3) is 0 Å². The molecular weight excluding hydrogens is 386 g/mol. The first-order chi connectivity index (χ1) is 12.3. The number of aryl methyl sites for hydroxylation is 1. The number of piperazine rings is 1. The number of nitrogens with zero attached hydrogens (tertiary/aromatic N) is 4. The quantitative estimate of drug-likeness (QED) is 0.786. The van der Waals surface area contributed by atoms with Crippen molar-refractivity contribution >= 4 is 27.4 Å². The number of sulfonamides is 1. The van der Waals surface area contributed by atoms with Gasteiger partial charge in [0.1, 0.15) is 12.1 Å². The van der Waals surface area contributed by atoms with E-state index >= 15 is 0 Å². The summed E-state index contributed by atoms with van der Waals surface area (Å²) in [6.45, 7) is 2.68. The van der Waals surface area contributed by atoms with Crippen LogP contribution in [0.1, 0.15) is 12.6 Å². The van der Waals surface area contributed by atoms with E-state index in [0.717, 1.165) is 12.1 Å². The minimum atomic E-state index is -3.80. The van der Waals surface area contributed by atoms with E-state index in [1.807, 2.05) is 0 Å². The second-order valence-corrected chi connectivity index (χ2v) is 8.12. The van der Waals surface area contributed by atoms with Gasteiger partial charge in [-0.2, -0.15) is 4.31 Å². The first-order valence-corrected chi connectivity index (χ1v) is 9.86. The lowest BCUT2D eigenvalue weighted by Gasteiger charge is -2.34. The number of benzene rings is 1. The number of anilines is 1. The van der Waals surface area contributed by atoms with Gasteiger partial charge in [0.2, 0.25) is 10.0 Å². The molecule has 0 spiro atoms. The van der Waals surface area contributed by atoms with Crippen molar-refractivity contribution in [1.29, 1.82) is 0 Å². The lowest BCUT2D eigenvalue weighted by Crippen LogP contribution is -2.49. The third-order valence-corrected chi connectivity index (χ3v) is 6.43. The SMILES string of the molecule is CCc1ncnc(N2CCN(S(=O)(=O)c3ccc(F)c(Cl)c3)CC2)c1F. The maximum Gasteiger partial charge on any atom is 0.243 e. The number of hydrogen-bond acceptors (Lipinski definition) is 5. The van der Waals surface area contributed by atoms with E-state index in [0.29, 0.717) is 12.1 Å². The van der Waals surface area contributed by atoms with Gasteiger partial charge in [-0.3, -0.25) is 0 Å². The van der Waals surface area contributed by atoms with Crippen molar-refractivity contribution in [1.82, 2.24) is 14.3 Å². The van der Waals surface area contributed by atoms with Crippen molar-refractivity contribution in [2.24, 2.45) is 0 Å². The molecule has 0 atom stereocenters. The molecule has 140 valence electrons. The van der Waals surface area contributed by atoms with Crippen molar-refractivity contribution in [3.8, 4) is 0 Å². The van der Waals surface area contributed by atoms with Gasteiger partial charge in [-0.15, -0.1) is 0 Å². The monoisotopic (exact) mass is 402 g/mol. The summed E-state index contributed by atoms with van der Waals surface area (Å²) in [6, 6.07) is 3.30. The molecule has 1 aliphatic heterocycles. The molecule has 10 heteroatoms. The lowest BCUT2D eigenvalue weighted by atomic mass is 10.2. The zero-order valence-corrected chi connectivity index (χ0v) is 15.6. The van der Waals surface area contributed by atoms with E-state index in [1.54, 1.807) is 11.8 Å². The fourth-order valence-electron chi connectivity index (χ4n) is 2.79. The van der Waals surface area contributed by atoms with Gasteiger partial charge in [0.15, 0.2) is 11.6 Å². The van der Waals surface area contributed by atoms with Crippen LogP contribution in [0.5, 0.6) is 0 Å². The van der Waals surface area contributed by atoms with Crippen LogP contribution in [-0.2, 0) is 16.4 Å². The molecule has 6 nitrogen and oxygen atoms in total. The highest BCUT2D eigenvalue weighted by atomic mass is 35.5. The number of rotatable bonds is 4. The molecule has 26 heavy (non-hydrogen) atoms. The Morgan fingerprint density at radius 3 is 2.46 bits per heavy atom. The van der Waals surface area contributed by atoms with Crippen molar-refractivity contribution in [3.05, 3.63) is 46.9 Å². The van der Waals surface area contributed by atoms with Crippen molar-refractivity contribution in [2.75, 3.05) is 31.1 Å². The Balaban J connectivity index is 1.77. The predicted molar refractivity (Wildman–Crippen MR) is 93.7 cm³/mol. The summed E-state index contributed by atoms with van der Waals surface area (Å²) in [5.41, 5.74) is 0.325. The van der Waals surface area contributed by atoms with Crippen LogP contribution in [0, 0.1) is 11.6 Å². The average molecular weight is 403 g/mol. The van der Waals surface area contributed by atoms with Gasteiger partial charge in [0.05, 0.1) is 15.6 Å². The third kappa shape index (κ3) is 3.51. The van der Waals surface area contributed by atoms with Gasteiger partial charge in [-0.1, -0.05) is 18.5 Å². The Morgan fingerprint density at radius 1 is 1.15 bits per heavy atom. The van der Waals surface area contributed by atoms with Crippen LogP contribution in [-0.4, -0.2) is 48.9 Å². The number of hydrogen-bond donors (Lipinski definition) is 0. The fraction of sp³-hybridized carbons (Fsp3) is 0.375. The molecule has 1 fully saturated rings. The topological polar surface area (TPSA) is 66.4 Å². The summed E-state index contributed by atoms with van der Waals surface area (Å²) >= 11 is 5.69. The van der Waals surface area contributed by atoms with Gasteiger partial charge >= 0.3 is 0 Å². The molecule has 0 unspecified atom stereocenters. The van der Waals surface area contributed by atoms with Gasteiger partial charge < -0.3 is 4.90 Å². The van der Waals surface area contributed by atoms with Crippen LogP contribution in [0.4, 0.5) is 14.6 Å². The Hall–Kier alpha value is -1.84. The van der Waals surface area contributed by atoms with Gasteiger partial charge in [-0.25, -0.2) is 27.2 Å². The average Bonchev–Trinajstić information content (AvgIpc) is 2.64. The summed E-state index contributed by atoms with van der Waals surface area (Å²) in [6.07, 6.45) is 1.75. The summed E-state index contributed by atoms with van der Waals surface area (Å²) in [5, 5.41) is -0.250. The molecule has 0 aliphatic carbocycles. The van der Waals surface area contributed by atoms with E-state index < -0.39 is 21.7 Å². The summed E-state index contributed by atoms with van der Waals surface area (Å²) in [4.78, 5) is 9.51. The van der Waals surface area contributed by atoms with Crippen LogP contribution < -0.4 is 4.90 Å². The smallest absolute Gasteiger partial charge is 0.243 e. The highest BCUT2D eigenvalue weighted by Gasteiger charge is 2.30. The highest BCUT2D eigenvalue weighted by Crippen LogP contribution is 2.25. The predicted octanol–water partition coefficient (Wildman–Crippen LogP) is 2.48. The third-order valence-electron chi connectivity index (χ3n) is 4.25. The standard InChI is InChI=1S/C16H17ClF2N4O2S/c1-2-14-15(19)16(21-10-20-14)22-5-7-23(8-6-22)26(24,25)11-3-4-13(18)12(17)9-11/h3-4,9-10H,2,5-8H2,1H3. The summed E-state index contributed by atoms with van der Waals surface area (Å²) in [5.74, 6) is -0.975. The summed E-state index contributed by atoms with van der Waals surface area (Å²) < 4.78 is 54.3. The molecule has 2 heterocycles. The van der Waals surface area contributed by atoms with Crippen LogP contribution in [0.15, 0.2) is 29.4 Å². The molecule has 0 amide bonds. The largest absolute Gasteiger partial charge is 0.351 e. The lowest BCUT2D eigenvalue weighted by molar-refractivity contribution is 0.381. The zero-order chi connectivity index (χ0) is 18.9. The molecule has 0 N–H and O–H groups in total. The molecule has 0 saturated carbocycles. The Morgan fingerprint density at radius 2 is 1.85 bits per heavy atom. The zero-order valence-electron chi connectivity index (χ0n) is 14.0. The normalized spacial score (nSPS) is 16.1. The first-order valence-electron chi connectivity index (χ1n) is 8.04. The van der Waals surface area contributed by atoms with Crippen LogP contribution >= 0.6 is 11.6 Å². The van der Waals surface area contributed by atoms with E-state index in [-0.39, 0.29) is 41.9 Å². The van der Waals surface area contributed by atoms with Gasteiger partial charge in [0, 0.05) is 26.2 Å². The number of aromatic nitrogens is 2. The molecule has 1 aromatic heterocycles. The van der Waals surface area contributed by atoms with E-state index in [9.17, 15) is 17.2 Å². The van der Waals surface area contributed by atoms with Crippen molar-refractivity contribution in [2.45, 2.75) is 18.2 Å². The Bertz CT molecular complexity index is 918. The Labute approximate surface area is 155 Å². The Kier molecular flexibility index (Phi) is 5.40. The van der Waals surface area contributed by atoms with E-state index in [1.165, 1.54) is 16.7 Å². The second-order valence-electron chi connectivity index (χ2n) is 5.78. The highest BCUT2D eigenvalue weighted by molar-refractivity contribution is 7.89. The first kappa shape index (κ1) is 18.9. The minimum absolute atomic E-state index is 0.0705. The van der Waals surface area contributed by atoms with Crippen LogP contribution in [0.3, 0.4) is 0 Å². The van der Waals surface area contributed by atoms with E-state index in [4.69, 9.17) is 11.6 Å². The molecule has 0 bridgehead atoms. The second kappa shape index (κ2) is 7.42. The van der Waals surface area contributed by atoms with Gasteiger partial charge in [-0.05, 0) is 24.6 Å². The van der Waals surface area contributed by atoms with Crippen molar-refractivity contribution < 1.29 is 17.2 Å². The molecule has 2 aromatic rings. The fourth-order valence-corrected chi connectivity index (χ4v) is 4.48. The van der Waals surface area contributed by atoms with E-state index in [2.05, 4.69) is 9.97 Å². The summed E-state index contributed by atoms with van der Waals surface area (Å²) in [7, 11) is -3.80. The molecular formula is C16H17ClF2N4O2S. The molecule has 1 aromatic carbocycles. The minimum Gasteiger partial charge on any atom is -0.351 e. The maximum absolute atomic E-state index is 14.4. The molecule has 1 saturated heterocycles. The number of halogens is 3. The maximum atomic E-state index is 14.4. The van der Waals surface area contributed by atoms with Gasteiger partial charge in [0.25, 0.3) is 0 Å². The van der Waals surface area contributed by atoms with Crippen molar-refractivity contribution in [3.63, 3.8) is 0 Å². The van der Waals surface area contributed by atoms with Crippen LogP contribution in [0.2, 0.25) is 5.02 Å².